The molecule has 3 aliphatic rings. The van der Waals surface area contributed by atoms with Crippen molar-refractivity contribution < 1.29 is 13.9 Å². The van der Waals surface area contributed by atoms with Gasteiger partial charge >= 0.3 is 0 Å². The van der Waals surface area contributed by atoms with Crippen molar-refractivity contribution in [1.29, 1.82) is 0 Å². The van der Waals surface area contributed by atoms with Crippen LogP contribution in [0.15, 0.2) is 4.42 Å². The number of carbonyl (C=O) groups is 1. The predicted octanol–water partition coefficient (Wildman–Crippen LogP) is 2.19. The van der Waals surface area contributed by atoms with Crippen LogP contribution in [0.3, 0.4) is 0 Å². The minimum Gasteiger partial charge on any atom is -0.424 e. The summed E-state index contributed by atoms with van der Waals surface area (Å²) in [7, 11) is 1.71. The quantitative estimate of drug-likeness (QED) is 0.693. The predicted molar refractivity (Wildman–Crippen MR) is 95.5 cm³/mol. The zero-order chi connectivity index (χ0) is 18.0. The Balaban J connectivity index is 1.35. The molecule has 3 fully saturated rings. The molecule has 1 amide bonds. The number of piperidine rings is 2. The van der Waals surface area contributed by atoms with Gasteiger partial charge in [0.15, 0.2) is 0 Å². The van der Waals surface area contributed by atoms with E-state index in [1.165, 1.54) is 25.7 Å². The molecule has 3 heterocycles. The van der Waals surface area contributed by atoms with Crippen LogP contribution >= 0.6 is 0 Å². The van der Waals surface area contributed by atoms with Crippen LogP contribution in [0.2, 0.25) is 0 Å². The first-order chi connectivity index (χ1) is 12.7. The van der Waals surface area contributed by atoms with Crippen molar-refractivity contribution in [2.45, 2.75) is 57.4 Å². The summed E-state index contributed by atoms with van der Waals surface area (Å²) in [6.45, 7) is 5.22. The molecule has 0 bridgehead atoms. The number of nitrogens with zero attached hydrogens (tertiary/aromatic N) is 4. The van der Waals surface area contributed by atoms with E-state index in [9.17, 15) is 4.79 Å². The second-order valence-corrected chi connectivity index (χ2v) is 8.28. The normalized spacial score (nSPS) is 27.4. The van der Waals surface area contributed by atoms with Crippen LogP contribution in [0.25, 0.3) is 0 Å². The number of rotatable bonds is 7. The second-order valence-electron chi connectivity index (χ2n) is 8.28. The van der Waals surface area contributed by atoms with Gasteiger partial charge in [0.1, 0.15) is 0 Å². The van der Waals surface area contributed by atoms with Gasteiger partial charge in [-0.1, -0.05) is 0 Å². The van der Waals surface area contributed by atoms with Gasteiger partial charge in [0.2, 0.25) is 17.7 Å². The summed E-state index contributed by atoms with van der Waals surface area (Å²) in [6, 6.07) is 0. The van der Waals surface area contributed by atoms with E-state index >= 15 is 0 Å². The topological polar surface area (TPSA) is 71.7 Å². The van der Waals surface area contributed by atoms with E-state index in [1.54, 1.807) is 7.11 Å². The maximum absolute atomic E-state index is 12.3. The number of hydrogen-bond acceptors (Lipinski definition) is 6. The molecule has 26 heavy (non-hydrogen) atoms. The Hall–Kier alpha value is -1.47. The summed E-state index contributed by atoms with van der Waals surface area (Å²) in [6.07, 6.45) is 7.32. The minimum absolute atomic E-state index is 0.221. The smallest absolute Gasteiger partial charge is 0.230 e. The fraction of sp³-hybridized carbons (Fsp3) is 0.842. The maximum atomic E-state index is 12.3. The van der Waals surface area contributed by atoms with E-state index in [1.807, 2.05) is 0 Å². The van der Waals surface area contributed by atoms with Crippen molar-refractivity contribution in [1.82, 2.24) is 20.0 Å². The van der Waals surface area contributed by atoms with Gasteiger partial charge in [-0.05, 0) is 45.1 Å². The molecule has 1 unspecified atom stereocenters. The van der Waals surface area contributed by atoms with Crippen molar-refractivity contribution in [3.05, 3.63) is 11.8 Å². The SMILES string of the molecule is COCCCN1CC2(CCCN(Cc3nnc(C4CC4)o3)C2)CCC1=O. The van der Waals surface area contributed by atoms with Crippen LogP contribution in [0, 0.1) is 5.41 Å². The number of likely N-dealkylation sites (tertiary alicyclic amines) is 2. The molecule has 2 aliphatic heterocycles. The van der Waals surface area contributed by atoms with E-state index in [4.69, 9.17) is 9.15 Å². The zero-order valence-corrected chi connectivity index (χ0v) is 15.8. The van der Waals surface area contributed by atoms with Gasteiger partial charge < -0.3 is 14.1 Å². The van der Waals surface area contributed by atoms with E-state index in [2.05, 4.69) is 20.0 Å². The first-order valence-corrected chi connectivity index (χ1v) is 9.99. The van der Waals surface area contributed by atoms with Gasteiger partial charge in [0.05, 0.1) is 6.54 Å². The van der Waals surface area contributed by atoms with E-state index in [-0.39, 0.29) is 5.41 Å². The van der Waals surface area contributed by atoms with Gasteiger partial charge in [-0.15, -0.1) is 10.2 Å². The van der Waals surface area contributed by atoms with E-state index in [0.717, 1.165) is 57.3 Å². The molecule has 7 nitrogen and oxygen atoms in total. The third kappa shape index (κ3) is 4.09. The monoisotopic (exact) mass is 362 g/mol. The molecule has 0 radical (unpaired) electrons. The number of ether oxygens (including phenoxy) is 1. The standard InChI is InChI=1S/C19H30N4O3/c1-25-11-3-10-23-14-19(8-6-17(23)24)7-2-9-22(13-19)12-16-20-21-18(26-16)15-4-5-15/h15H,2-14H2,1H3. The second kappa shape index (κ2) is 7.64. The molecule has 1 aromatic heterocycles. The van der Waals surface area contributed by atoms with E-state index < -0.39 is 0 Å². The summed E-state index contributed by atoms with van der Waals surface area (Å²) in [4.78, 5) is 16.8. The summed E-state index contributed by atoms with van der Waals surface area (Å²) in [5.41, 5.74) is 0.221. The number of hydrogen-bond donors (Lipinski definition) is 0. The van der Waals surface area contributed by atoms with Gasteiger partial charge in [0, 0.05) is 51.1 Å². The first kappa shape index (κ1) is 17.9. The molecule has 1 saturated carbocycles. The molecular weight excluding hydrogens is 332 g/mol. The average Bonchev–Trinajstić information content (AvgIpc) is 3.39. The Morgan fingerprint density at radius 1 is 1.27 bits per heavy atom. The van der Waals surface area contributed by atoms with Gasteiger partial charge in [0.25, 0.3) is 0 Å². The Morgan fingerprint density at radius 3 is 2.96 bits per heavy atom. The summed E-state index contributed by atoms with van der Waals surface area (Å²) in [5, 5.41) is 8.45. The van der Waals surface area contributed by atoms with Gasteiger partial charge in [-0.25, -0.2) is 0 Å². The van der Waals surface area contributed by atoms with Crippen molar-refractivity contribution in [2.75, 3.05) is 39.9 Å². The molecule has 4 rings (SSSR count). The van der Waals surface area contributed by atoms with Crippen molar-refractivity contribution in [3.63, 3.8) is 0 Å². The molecule has 1 aliphatic carbocycles. The number of amides is 1. The highest BCUT2D eigenvalue weighted by Gasteiger charge is 2.41. The third-order valence-corrected chi connectivity index (χ3v) is 6.03. The molecule has 0 aromatic carbocycles. The largest absolute Gasteiger partial charge is 0.424 e. The number of aromatic nitrogens is 2. The molecule has 144 valence electrons. The third-order valence-electron chi connectivity index (χ3n) is 6.03. The fourth-order valence-electron chi connectivity index (χ4n) is 4.50. The summed E-state index contributed by atoms with van der Waals surface area (Å²) in [5.74, 6) is 2.37. The highest BCUT2D eigenvalue weighted by molar-refractivity contribution is 5.77. The van der Waals surface area contributed by atoms with Crippen molar-refractivity contribution in [2.24, 2.45) is 5.41 Å². The molecule has 1 spiro atoms. The zero-order valence-electron chi connectivity index (χ0n) is 15.8. The van der Waals surface area contributed by atoms with E-state index in [0.29, 0.717) is 24.9 Å². The van der Waals surface area contributed by atoms with Crippen LogP contribution < -0.4 is 0 Å². The molecule has 7 heteroatoms. The molecule has 1 aromatic rings. The molecular formula is C19H30N4O3. The van der Waals surface area contributed by atoms with Crippen LogP contribution in [0.1, 0.15) is 62.6 Å². The Labute approximate surface area is 155 Å². The molecule has 0 N–H and O–H groups in total. The first-order valence-electron chi connectivity index (χ1n) is 9.99. The molecule has 2 saturated heterocycles. The van der Waals surface area contributed by atoms with Crippen LogP contribution in [0.5, 0.6) is 0 Å². The van der Waals surface area contributed by atoms with Crippen LogP contribution in [-0.2, 0) is 16.1 Å². The number of methoxy groups -OCH3 is 1. The maximum Gasteiger partial charge on any atom is 0.230 e. The Morgan fingerprint density at radius 2 is 2.15 bits per heavy atom. The fourth-order valence-corrected chi connectivity index (χ4v) is 4.50. The van der Waals surface area contributed by atoms with Gasteiger partial charge in [-0.3, -0.25) is 9.69 Å². The highest BCUT2D eigenvalue weighted by Crippen LogP contribution is 2.40. The van der Waals surface area contributed by atoms with Crippen molar-refractivity contribution >= 4 is 5.91 Å². The molecule has 1 atom stereocenters. The lowest BCUT2D eigenvalue weighted by atomic mass is 9.73. The summed E-state index contributed by atoms with van der Waals surface area (Å²) < 4.78 is 11.0. The highest BCUT2D eigenvalue weighted by atomic mass is 16.5. The number of carbonyl (C=O) groups excluding carboxylic acids is 1. The Kier molecular flexibility index (Phi) is 5.27. The minimum atomic E-state index is 0.221. The lowest BCUT2D eigenvalue weighted by Crippen LogP contribution is -2.54. The Bertz CT molecular complexity index is 630. The lowest BCUT2D eigenvalue weighted by Gasteiger charge is -2.48. The van der Waals surface area contributed by atoms with Crippen LogP contribution in [-0.4, -0.2) is 65.8 Å². The summed E-state index contributed by atoms with van der Waals surface area (Å²) >= 11 is 0. The van der Waals surface area contributed by atoms with Crippen LogP contribution in [0.4, 0.5) is 0 Å². The van der Waals surface area contributed by atoms with Gasteiger partial charge in [-0.2, -0.15) is 0 Å². The average molecular weight is 362 g/mol. The lowest BCUT2D eigenvalue weighted by molar-refractivity contribution is -0.139. The van der Waals surface area contributed by atoms with Crippen molar-refractivity contribution in [3.8, 4) is 0 Å².